The van der Waals surface area contributed by atoms with Gasteiger partial charge in [-0.15, -0.1) is 11.3 Å². The third kappa shape index (κ3) is 3.00. The number of aromatic nitrogens is 3. The minimum atomic E-state index is 0.827. The molecule has 0 aromatic carbocycles. The Hall–Kier alpha value is -1.72. The summed E-state index contributed by atoms with van der Waals surface area (Å²) in [6.45, 7) is 3.79. The highest BCUT2D eigenvalue weighted by molar-refractivity contribution is 7.09. The van der Waals surface area contributed by atoms with E-state index in [1.807, 2.05) is 41.2 Å². The molecule has 0 radical (unpaired) electrons. The molecule has 0 amide bonds. The van der Waals surface area contributed by atoms with E-state index in [4.69, 9.17) is 0 Å². The zero-order chi connectivity index (χ0) is 13.1. The van der Waals surface area contributed by atoms with Gasteiger partial charge in [0.2, 0.25) is 0 Å². The second kappa shape index (κ2) is 5.50. The number of nitrogens with one attached hydrogen (secondary N) is 1. The first-order valence-corrected chi connectivity index (χ1v) is 7.23. The molecule has 98 valence electrons. The SMILES string of the molecule is Cc1cc2ncc(CNCCc3cccs3)cn2n1. The lowest BCUT2D eigenvalue weighted by molar-refractivity contribution is 0.683. The van der Waals surface area contributed by atoms with Crippen molar-refractivity contribution in [2.75, 3.05) is 6.54 Å². The molecule has 0 bridgehead atoms. The number of fused-ring (bicyclic) bond motifs is 1. The molecule has 0 spiro atoms. The molecule has 3 aromatic rings. The molecule has 4 nitrogen and oxygen atoms in total. The smallest absolute Gasteiger partial charge is 0.155 e. The van der Waals surface area contributed by atoms with Crippen LogP contribution in [0.4, 0.5) is 0 Å². The van der Waals surface area contributed by atoms with Crippen LogP contribution in [0.3, 0.4) is 0 Å². The van der Waals surface area contributed by atoms with Gasteiger partial charge in [-0.3, -0.25) is 0 Å². The second-order valence-corrected chi connectivity index (χ2v) is 5.59. The molecule has 0 aliphatic carbocycles. The molecule has 0 saturated heterocycles. The molecule has 1 N–H and O–H groups in total. The lowest BCUT2D eigenvalue weighted by Crippen LogP contribution is -2.16. The maximum Gasteiger partial charge on any atom is 0.155 e. The lowest BCUT2D eigenvalue weighted by atomic mass is 10.3. The standard InChI is InChI=1S/C14H16N4S/c1-11-7-14-16-9-12(10-18(14)17-11)8-15-5-4-13-3-2-6-19-13/h2-3,6-7,9-10,15H,4-5,8H2,1H3. The molecule has 0 aliphatic heterocycles. The van der Waals surface area contributed by atoms with E-state index in [1.165, 1.54) is 4.88 Å². The number of hydrogen-bond donors (Lipinski definition) is 1. The van der Waals surface area contributed by atoms with Crippen LogP contribution in [0.1, 0.15) is 16.1 Å². The Balaban J connectivity index is 1.56. The molecule has 0 unspecified atom stereocenters. The monoisotopic (exact) mass is 272 g/mol. The normalized spacial score (nSPS) is 11.2. The molecule has 0 fully saturated rings. The zero-order valence-electron chi connectivity index (χ0n) is 10.8. The van der Waals surface area contributed by atoms with Crippen molar-refractivity contribution in [2.24, 2.45) is 0 Å². The first kappa shape index (κ1) is 12.3. The van der Waals surface area contributed by atoms with E-state index < -0.39 is 0 Å². The fraction of sp³-hybridized carbons (Fsp3) is 0.286. The summed E-state index contributed by atoms with van der Waals surface area (Å²) in [6, 6.07) is 6.25. The van der Waals surface area contributed by atoms with Gasteiger partial charge in [0.1, 0.15) is 0 Å². The topological polar surface area (TPSA) is 42.2 Å². The zero-order valence-corrected chi connectivity index (χ0v) is 11.7. The summed E-state index contributed by atoms with van der Waals surface area (Å²) >= 11 is 1.81. The van der Waals surface area contributed by atoms with Crippen molar-refractivity contribution in [3.63, 3.8) is 0 Å². The quantitative estimate of drug-likeness (QED) is 0.725. The minimum absolute atomic E-state index is 0.827. The van der Waals surface area contributed by atoms with E-state index in [0.29, 0.717) is 0 Å². The number of hydrogen-bond acceptors (Lipinski definition) is 4. The van der Waals surface area contributed by atoms with Crippen LogP contribution in [-0.4, -0.2) is 21.1 Å². The van der Waals surface area contributed by atoms with Crippen LogP contribution in [0.15, 0.2) is 36.0 Å². The summed E-state index contributed by atoms with van der Waals surface area (Å²) < 4.78 is 1.84. The molecule has 19 heavy (non-hydrogen) atoms. The number of rotatable bonds is 5. The summed E-state index contributed by atoms with van der Waals surface area (Å²) in [5.74, 6) is 0. The minimum Gasteiger partial charge on any atom is -0.312 e. The van der Waals surface area contributed by atoms with Crippen molar-refractivity contribution in [1.29, 1.82) is 0 Å². The molecule has 0 saturated carbocycles. The Kier molecular flexibility index (Phi) is 3.57. The predicted molar refractivity (Wildman–Crippen MR) is 77.5 cm³/mol. The first-order valence-electron chi connectivity index (χ1n) is 6.35. The summed E-state index contributed by atoms with van der Waals surface area (Å²) in [5.41, 5.74) is 3.05. The van der Waals surface area contributed by atoms with Crippen LogP contribution in [0.25, 0.3) is 5.65 Å². The van der Waals surface area contributed by atoms with E-state index in [1.54, 1.807) is 0 Å². The van der Waals surface area contributed by atoms with E-state index >= 15 is 0 Å². The van der Waals surface area contributed by atoms with Crippen LogP contribution >= 0.6 is 11.3 Å². The number of thiophene rings is 1. The van der Waals surface area contributed by atoms with Gasteiger partial charge in [0.05, 0.1) is 5.69 Å². The molecule has 3 aromatic heterocycles. The Bertz CT molecular complexity index is 657. The van der Waals surface area contributed by atoms with Gasteiger partial charge in [0, 0.05) is 42.0 Å². The highest BCUT2D eigenvalue weighted by Gasteiger charge is 2.00. The van der Waals surface area contributed by atoms with Gasteiger partial charge in [0.15, 0.2) is 5.65 Å². The predicted octanol–water partition coefficient (Wildman–Crippen LogP) is 2.43. The first-order chi connectivity index (χ1) is 9.31. The molecule has 0 atom stereocenters. The van der Waals surface area contributed by atoms with Gasteiger partial charge in [-0.2, -0.15) is 5.10 Å². The summed E-state index contributed by atoms with van der Waals surface area (Å²) in [7, 11) is 0. The summed E-state index contributed by atoms with van der Waals surface area (Å²) in [6.07, 6.45) is 5.02. The fourth-order valence-electron chi connectivity index (χ4n) is 2.02. The van der Waals surface area contributed by atoms with Crippen LogP contribution in [-0.2, 0) is 13.0 Å². The third-order valence-electron chi connectivity index (χ3n) is 2.95. The van der Waals surface area contributed by atoms with E-state index in [9.17, 15) is 0 Å². The van der Waals surface area contributed by atoms with Gasteiger partial charge >= 0.3 is 0 Å². The number of aryl methyl sites for hydroxylation is 1. The van der Waals surface area contributed by atoms with Crippen molar-refractivity contribution >= 4 is 17.0 Å². The molecule has 0 aliphatic rings. The molecular formula is C14H16N4S. The van der Waals surface area contributed by atoms with E-state index in [2.05, 4.69) is 32.9 Å². The molecular weight excluding hydrogens is 256 g/mol. The van der Waals surface area contributed by atoms with Crippen molar-refractivity contribution in [3.05, 3.63) is 52.1 Å². The van der Waals surface area contributed by atoms with Crippen LogP contribution < -0.4 is 5.32 Å². The van der Waals surface area contributed by atoms with Crippen LogP contribution in [0, 0.1) is 6.92 Å². The van der Waals surface area contributed by atoms with Gasteiger partial charge < -0.3 is 5.32 Å². The van der Waals surface area contributed by atoms with Gasteiger partial charge in [-0.1, -0.05) is 6.07 Å². The van der Waals surface area contributed by atoms with Crippen LogP contribution in [0.2, 0.25) is 0 Å². The average molecular weight is 272 g/mol. The molecule has 3 rings (SSSR count). The van der Waals surface area contributed by atoms with Crippen LogP contribution in [0.5, 0.6) is 0 Å². The van der Waals surface area contributed by atoms with Gasteiger partial charge in [-0.25, -0.2) is 9.50 Å². The van der Waals surface area contributed by atoms with Crippen molar-refractivity contribution < 1.29 is 0 Å². The highest BCUT2D eigenvalue weighted by atomic mass is 32.1. The Morgan fingerprint density at radius 2 is 2.37 bits per heavy atom. The Morgan fingerprint density at radius 1 is 1.42 bits per heavy atom. The number of nitrogens with zero attached hydrogens (tertiary/aromatic N) is 3. The summed E-state index contributed by atoms with van der Waals surface area (Å²) in [5, 5.41) is 9.93. The van der Waals surface area contributed by atoms with E-state index in [0.717, 1.165) is 36.4 Å². The lowest BCUT2D eigenvalue weighted by Gasteiger charge is -2.04. The molecule has 3 heterocycles. The van der Waals surface area contributed by atoms with Crippen molar-refractivity contribution in [3.8, 4) is 0 Å². The summed E-state index contributed by atoms with van der Waals surface area (Å²) in [4.78, 5) is 5.81. The average Bonchev–Trinajstić information content (AvgIpc) is 3.02. The fourth-order valence-corrected chi connectivity index (χ4v) is 2.73. The van der Waals surface area contributed by atoms with Crippen molar-refractivity contribution in [1.82, 2.24) is 19.9 Å². The van der Waals surface area contributed by atoms with Gasteiger partial charge in [-0.05, 0) is 24.8 Å². The Labute approximate surface area is 116 Å². The maximum atomic E-state index is 4.39. The highest BCUT2D eigenvalue weighted by Crippen LogP contribution is 2.08. The maximum absolute atomic E-state index is 4.39. The van der Waals surface area contributed by atoms with Gasteiger partial charge in [0.25, 0.3) is 0 Å². The largest absolute Gasteiger partial charge is 0.312 e. The molecule has 5 heteroatoms. The van der Waals surface area contributed by atoms with Crippen molar-refractivity contribution in [2.45, 2.75) is 19.9 Å². The Morgan fingerprint density at radius 3 is 3.21 bits per heavy atom. The van der Waals surface area contributed by atoms with E-state index in [-0.39, 0.29) is 0 Å². The third-order valence-corrected chi connectivity index (χ3v) is 3.88. The second-order valence-electron chi connectivity index (χ2n) is 4.56.